The van der Waals surface area contributed by atoms with Gasteiger partial charge in [0.05, 0.1) is 11.7 Å². The van der Waals surface area contributed by atoms with Gasteiger partial charge in [-0.25, -0.2) is 0 Å². The molecule has 1 fully saturated rings. The predicted octanol–water partition coefficient (Wildman–Crippen LogP) is 3.69. The summed E-state index contributed by atoms with van der Waals surface area (Å²) < 4.78 is 2.14. The Morgan fingerprint density at radius 1 is 1.39 bits per heavy atom. The SMILES string of the molecule is CCCC(=O)CCCc1ccn(C2CCCC2)n1. The van der Waals surface area contributed by atoms with Gasteiger partial charge in [0.15, 0.2) is 0 Å². The van der Waals surface area contributed by atoms with Crippen LogP contribution in [0, 0.1) is 0 Å². The van der Waals surface area contributed by atoms with Crippen molar-refractivity contribution in [2.45, 2.75) is 70.8 Å². The zero-order valence-corrected chi connectivity index (χ0v) is 11.4. The maximum absolute atomic E-state index is 11.4. The number of carbonyl (C=O) groups excluding carboxylic acids is 1. The number of carbonyl (C=O) groups is 1. The fourth-order valence-corrected chi connectivity index (χ4v) is 2.75. The summed E-state index contributed by atoms with van der Waals surface area (Å²) in [4.78, 5) is 11.4. The van der Waals surface area contributed by atoms with E-state index in [1.807, 2.05) is 0 Å². The third-order valence-electron chi connectivity index (χ3n) is 3.78. The van der Waals surface area contributed by atoms with Crippen molar-refractivity contribution in [3.63, 3.8) is 0 Å². The summed E-state index contributed by atoms with van der Waals surface area (Å²) in [5.41, 5.74) is 1.14. The van der Waals surface area contributed by atoms with Crippen LogP contribution in [0.2, 0.25) is 0 Å². The third kappa shape index (κ3) is 3.69. The molecule has 0 aromatic carbocycles. The molecule has 1 aromatic heterocycles. The monoisotopic (exact) mass is 248 g/mol. The van der Waals surface area contributed by atoms with Gasteiger partial charge in [-0.15, -0.1) is 0 Å². The van der Waals surface area contributed by atoms with Crippen molar-refractivity contribution in [1.29, 1.82) is 0 Å². The number of hydrogen-bond donors (Lipinski definition) is 0. The minimum Gasteiger partial charge on any atom is -0.300 e. The summed E-state index contributed by atoms with van der Waals surface area (Å²) in [6.45, 7) is 2.06. The molecule has 3 nitrogen and oxygen atoms in total. The Balaban J connectivity index is 1.74. The number of rotatable bonds is 7. The van der Waals surface area contributed by atoms with Crippen LogP contribution < -0.4 is 0 Å². The lowest BCUT2D eigenvalue weighted by Crippen LogP contribution is -2.05. The Morgan fingerprint density at radius 3 is 2.89 bits per heavy atom. The molecule has 100 valence electrons. The van der Waals surface area contributed by atoms with E-state index in [4.69, 9.17) is 0 Å². The number of Topliss-reactive ketones (excluding diaryl/α,β-unsaturated/α-hetero) is 1. The van der Waals surface area contributed by atoms with E-state index in [0.29, 0.717) is 18.2 Å². The van der Waals surface area contributed by atoms with E-state index in [1.165, 1.54) is 25.7 Å². The van der Waals surface area contributed by atoms with E-state index < -0.39 is 0 Å². The van der Waals surface area contributed by atoms with Gasteiger partial charge < -0.3 is 0 Å². The molecule has 1 saturated carbocycles. The van der Waals surface area contributed by atoms with Gasteiger partial charge in [0.1, 0.15) is 5.78 Å². The lowest BCUT2D eigenvalue weighted by molar-refractivity contribution is -0.119. The quantitative estimate of drug-likeness (QED) is 0.737. The highest BCUT2D eigenvalue weighted by atomic mass is 16.1. The van der Waals surface area contributed by atoms with Crippen molar-refractivity contribution in [3.8, 4) is 0 Å². The molecule has 3 heteroatoms. The molecule has 1 heterocycles. The molecule has 18 heavy (non-hydrogen) atoms. The third-order valence-corrected chi connectivity index (χ3v) is 3.78. The van der Waals surface area contributed by atoms with Crippen LogP contribution in [0.15, 0.2) is 12.3 Å². The van der Waals surface area contributed by atoms with E-state index in [1.54, 1.807) is 0 Å². The van der Waals surface area contributed by atoms with Crippen LogP contribution in [0.1, 0.15) is 70.0 Å². The van der Waals surface area contributed by atoms with Crippen molar-refractivity contribution in [2.24, 2.45) is 0 Å². The van der Waals surface area contributed by atoms with Crippen LogP contribution in [0.4, 0.5) is 0 Å². The van der Waals surface area contributed by atoms with Gasteiger partial charge in [-0.2, -0.15) is 5.10 Å². The second-order valence-corrected chi connectivity index (χ2v) is 5.37. The predicted molar refractivity (Wildman–Crippen MR) is 72.6 cm³/mol. The Morgan fingerprint density at radius 2 is 2.17 bits per heavy atom. The van der Waals surface area contributed by atoms with Gasteiger partial charge in [0.2, 0.25) is 0 Å². The Hall–Kier alpha value is -1.12. The zero-order chi connectivity index (χ0) is 12.8. The smallest absolute Gasteiger partial charge is 0.132 e. The largest absolute Gasteiger partial charge is 0.300 e. The molecule has 2 rings (SSSR count). The van der Waals surface area contributed by atoms with Gasteiger partial charge in [-0.3, -0.25) is 9.48 Å². The first-order valence-electron chi connectivity index (χ1n) is 7.35. The maximum atomic E-state index is 11.4. The molecular formula is C15H24N2O. The molecule has 0 atom stereocenters. The summed E-state index contributed by atoms with van der Waals surface area (Å²) in [5, 5.41) is 4.64. The minimum atomic E-state index is 0.396. The average molecular weight is 248 g/mol. The molecule has 0 radical (unpaired) electrons. The number of aryl methyl sites for hydroxylation is 1. The fraction of sp³-hybridized carbons (Fsp3) is 0.733. The van der Waals surface area contributed by atoms with Crippen LogP contribution >= 0.6 is 0 Å². The second kappa shape index (κ2) is 6.72. The molecule has 1 aromatic rings. The van der Waals surface area contributed by atoms with Crippen LogP contribution in [0.25, 0.3) is 0 Å². The van der Waals surface area contributed by atoms with Crippen LogP contribution in [-0.4, -0.2) is 15.6 Å². The van der Waals surface area contributed by atoms with Crippen LogP contribution in [0.5, 0.6) is 0 Å². The maximum Gasteiger partial charge on any atom is 0.132 e. The normalized spacial score (nSPS) is 16.3. The Labute approximate surface area is 110 Å². The van der Waals surface area contributed by atoms with Crippen LogP contribution in [0.3, 0.4) is 0 Å². The summed E-state index contributed by atoms with van der Waals surface area (Å²) in [6.07, 6.45) is 11.6. The summed E-state index contributed by atoms with van der Waals surface area (Å²) in [5.74, 6) is 0.396. The zero-order valence-electron chi connectivity index (χ0n) is 11.4. The number of ketones is 1. The van der Waals surface area contributed by atoms with Crippen molar-refractivity contribution in [3.05, 3.63) is 18.0 Å². The first kappa shape index (κ1) is 13.3. The molecule has 1 aliphatic carbocycles. The second-order valence-electron chi connectivity index (χ2n) is 5.37. The first-order valence-corrected chi connectivity index (χ1v) is 7.35. The lowest BCUT2D eigenvalue weighted by atomic mass is 10.1. The topological polar surface area (TPSA) is 34.9 Å². The van der Waals surface area contributed by atoms with E-state index in [9.17, 15) is 4.79 Å². The molecule has 1 aliphatic rings. The van der Waals surface area contributed by atoms with Gasteiger partial charge in [0.25, 0.3) is 0 Å². The summed E-state index contributed by atoms with van der Waals surface area (Å²) in [7, 11) is 0. The Bertz CT molecular complexity index is 378. The average Bonchev–Trinajstić information content (AvgIpc) is 2.99. The van der Waals surface area contributed by atoms with Crippen LogP contribution in [-0.2, 0) is 11.2 Å². The van der Waals surface area contributed by atoms with E-state index in [2.05, 4.69) is 29.0 Å². The van der Waals surface area contributed by atoms with E-state index in [0.717, 1.165) is 31.4 Å². The van der Waals surface area contributed by atoms with Gasteiger partial charge in [-0.1, -0.05) is 19.8 Å². The highest BCUT2D eigenvalue weighted by Crippen LogP contribution is 2.28. The summed E-state index contributed by atoms with van der Waals surface area (Å²) in [6, 6.07) is 2.74. The first-order chi connectivity index (χ1) is 8.79. The number of hydrogen-bond acceptors (Lipinski definition) is 2. The lowest BCUT2D eigenvalue weighted by Gasteiger charge is -2.08. The molecule has 0 saturated heterocycles. The van der Waals surface area contributed by atoms with Crippen molar-refractivity contribution >= 4 is 5.78 Å². The van der Waals surface area contributed by atoms with Gasteiger partial charge >= 0.3 is 0 Å². The summed E-state index contributed by atoms with van der Waals surface area (Å²) >= 11 is 0. The molecule has 0 unspecified atom stereocenters. The number of nitrogens with zero attached hydrogens (tertiary/aromatic N) is 2. The van der Waals surface area contributed by atoms with Crippen molar-refractivity contribution in [1.82, 2.24) is 9.78 Å². The van der Waals surface area contributed by atoms with E-state index in [-0.39, 0.29) is 0 Å². The van der Waals surface area contributed by atoms with Gasteiger partial charge in [-0.05, 0) is 38.2 Å². The standard InChI is InChI=1S/C15H24N2O/c1-2-6-15(18)10-5-7-13-11-12-17(16-13)14-8-3-4-9-14/h11-12,14H,2-10H2,1H3. The van der Waals surface area contributed by atoms with Gasteiger partial charge in [0, 0.05) is 19.0 Å². The number of aromatic nitrogens is 2. The molecule has 0 amide bonds. The van der Waals surface area contributed by atoms with Crippen molar-refractivity contribution < 1.29 is 4.79 Å². The molecular weight excluding hydrogens is 224 g/mol. The minimum absolute atomic E-state index is 0.396. The highest BCUT2D eigenvalue weighted by molar-refractivity contribution is 5.78. The molecule has 0 aliphatic heterocycles. The molecule has 0 N–H and O–H groups in total. The van der Waals surface area contributed by atoms with Crippen molar-refractivity contribution in [2.75, 3.05) is 0 Å². The van der Waals surface area contributed by atoms with E-state index >= 15 is 0 Å². The molecule has 0 bridgehead atoms. The Kier molecular flexibility index (Phi) is 4.97. The molecule has 0 spiro atoms. The fourth-order valence-electron chi connectivity index (χ4n) is 2.75. The highest BCUT2D eigenvalue weighted by Gasteiger charge is 2.17.